The maximum atomic E-state index is 13.3. The van der Waals surface area contributed by atoms with E-state index >= 15 is 0 Å². The molecule has 6 aliphatic rings. The van der Waals surface area contributed by atoms with Gasteiger partial charge in [-0.25, -0.2) is 19.2 Å². The molecule has 1 heterocycles. The first-order valence-electron chi connectivity index (χ1n) is 47.2. The van der Waals surface area contributed by atoms with Crippen LogP contribution < -0.4 is 15.8 Å². The Morgan fingerprint density at radius 1 is 0.574 bits per heavy atom. The second-order valence-corrected chi connectivity index (χ2v) is 51.7. The molecule has 0 aromatic heterocycles. The number of benzene rings is 1. The van der Waals surface area contributed by atoms with Gasteiger partial charge in [0.1, 0.15) is 25.7 Å². The van der Waals surface area contributed by atoms with Crippen molar-refractivity contribution in [2.45, 2.75) is 441 Å². The summed E-state index contributed by atoms with van der Waals surface area (Å²) in [5.74, 6) is 34.5. The first-order valence-corrected chi connectivity index (χ1v) is 57.3. The van der Waals surface area contributed by atoms with Crippen LogP contribution >= 0.6 is 46.3 Å². The molecule has 2 atom stereocenters. The van der Waals surface area contributed by atoms with Crippen molar-refractivity contribution in [3.8, 4) is 82.5 Å². The van der Waals surface area contributed by atoms with Crippen LogP contribution in [-0.4, -0.2) is 174 Å². The number of esters is 2. The molecule has 1 aromatic rings. The van der Waals surface area contributed by atoms with E-state index in [1.165, 1.54) is 56.9 Å². The number of amides is 4. The standard InChI is InChI=1S/C26H41NO4Si.C17H29NO2.C17H25NO.C13H25NO2.C12H21N.C9H16O3Si.C5H6O2.C4H5Br.C2H6.ClI/c1-9-31-25(30)23(29)22-16(2)19-14-21(28)27(18-10-12-26(4,5)13-11-18)15-20(19)17(3)24(22)32(6,7)8;1-7-8-13-18(15(19)20-16(2,3)4)14-9-11-17(5,6)12-10-14;1-5-7-9-16(19)18(14-8-6-2)15-10-12-17(3,4)13-11-15;1-12(2,3)16-11(15)14-10-6-8-13(4,5)9-7-10;1-4-5-10-13-11-6-8-12(2,3)9-7-11;1-5-12-9(11)8(10)6-7-13(2,3)4;1-2-3-4-5(6)7;1-2-3-4-5;2*1-2/h18,23,29H,9-15H2,1-8H3;14H,9-13H2,1-6H3;15H,9-14H2,1-4H3;10H,6-9H2,1-5H3,(H,14,15);11,13H,6-10H2,1-3H3;8,10H,5H2,1-4H3;4H2,1H3,(H,6,7);4H2,1H3;1-2H3;/t23-;;;;;8-;;;;/m0....0..../s1/i;;;;;;;;1D;. The van der Waals surface area contributed by atoms with Crippen molar-refractivity contribution in [3.63, 3.8) is 0 Å². The minimum Gasteiger partial charge on any atom is -0.481 e. The maximum Gasteiger partial charge on any atom is 0.411 e. The van der Waals surface area contributed by atoms with Crippen LogP contribution in [0.15, 0.2) is 0 Å². The third kappa shape index (κ3) is 56.0. The summed E-state index contributed by atoms with van der Waals surface area (Å²) in [4.78, 5) is 88.3. The van der Waals surface area contributed by atoms with E-state index < -0.39 is 57.5 Å². The normalized spacial score (nSPS) is 17.5. The van der Waals surface area contributed by atoms with Gasteiger partial charge in [-0.05, 0) is 303 Å². The summed E-state index contributed by atoms with van der Waals surface area (Å²) in [5, 5.41) is 36.5. The van der Waals surface area contributed by atoms with Gasteiger partial charge < -0.3 is 54.7 Å². The molecule has 5 saturated carbocycles. The van der Waals surface area contributed by atoms with Crippen LogP contribution in [-0.2, 0) is 55.9 Å². The van der Waals surface area contributed by atoms with Crippen LogP contribution in [0, 0.1) is 123 Å². The van der Waals surface area contributed by atoms with Crippen molar-refractivity contribution in [1.29, 1.82) is 0 Å². The number of hydrogen-bond donors (Lipinski definition) is 5. The number of aliphatic carboxylic acids is 1. The third-order valence-corrected chi connectivity index (χ3v) is 26.4. The number of nitrogens with one attached hydrogen (secondary N) is 2. The fourth-order valence-electron chi connectivity index (χ4n) is 15.6. The average molecular weight is 2030 g/mol. The number of carboxylic acids is 1. The van der Waals surface area contributed by atoms with Crippen LogP contribution in [0.1, 0.15) is 357 Å². The Bertz CT molecular complexity index is 4050. The van der Waals surface area contributed by atoms with E-state index in [2.05, 4.69) is 223 Å². The van der Waals surface area contributed by atoms with Gasteiger partial charge in [0.25, 0.3) is 0 Å². The molecule has 5 N–H and O–H groups in total. The summed E-state index contributed by atoms with van der Waals surface area (Å²) in [5.41, 5.74) is 9.18. The van der Waals surface area contributed by atoms with E-state index in [9.17, 15) is 43.8 Å². The van der Waals surface area contributed by atoms with E-state index in [0.717, 1.165) is 111 Å². The predicted octanol–water partition coefficient (Wildman–Crippen LogP) is 23.1. The molecule has 7 rings (SSSR count). The first kappa shape index (κ1) is 125. The number of aliphatic hydroxyl groups is 2. The van der Waals surface area contributed by atoms with Crippen LogP contribution in [0.2, 0.25) is 39.3 Å². The summed E-state index contributed by atoms with van der Waals surface area (Å²) >= 11 is 4.76. The predicted molar refractivity (Wildman–Crippen MR) is 553 cm³/mol. The molecule has 1 aliphatic heterocycles. The van der Waals surface area contributed by atoms with Crippen LogP contribution in [0.25, 0.3) is 0 Å². The molecule has 0 bridgehead atoms. The lowest BCUT2D eigenvalue weighted by atomic mass is 9.74. The van der Waals surface area contributed by atoms with E-state index in [-0.39, 0.29) is 49.7 Å². The quantitative estimate of drug-likeness (QED) is 0.0258. The molecule has 5 aliphatic carbocycles. The molecule has 129 heavy (non-hydrogen) atoms. The van der Waals surface area contributed by atoms with E-state index in [1.807, 2.05) is 98.7 Å². The molecule has 4 amide bonds. The largest absolute Gasteiger partial charge is 0.481 e. The fourth-order valence-corrected chi connectivity index (χ4v) is 18.8. The highest BCUT2D eigenvalue weighted by molar-refractivity contribution is 14.1. The Morgan fingerprint density at radius 3 is 1.33 bits per heavy atom. The SMILES string of the molecule is CC#CCBr.CC#CCC(=O)N(CC#CC)C1CCC(C)(C)CC1.CC#CCC(=O)O.CC#CCN(C(=O)OC(C)(C)C)C1CCC(C)(C)CC1.CC#CCNC1CCC(C)(C)CC1.CC1(C)CCC(NC(=O)OC(C)(C)C)CC1.CCOC(=O)[C@@H](O)C#C[Si](C)(C)C.CCOC(=O)[C@@H](O)c1c(C)c2c(c(C)c1[Si](C)(C)C)CN(C1CCC(C)(C)CC1)C(=O)C2.ClI.[2H]CC. The lowest BCUT2D eigenvalue weighted by molar-refractivity contribution is -0.153. The van der Waals surface area contributed by atoms with Crippen molar-refractivity contribution in [2.75, 3.05) is 38.2 Å². The summed E-state index contributed by atoms with van der Waals surface area (Å²) in [6.07, 6.45) is 20.7. The van der Waals surface area contributed by atoms with Crippen molar-refractivity contribution >= 4 is 110 Å². The van der Waals surface area contributed by atoms with Crippen molar-refractivity contribution in [3.05, 3.63) is 27.8 Å². The van der Waals surface area contributed by atoms with Crippen LogP contribution in [0.5, 0.6) is 0 Å². The number of halogens is 3. The van der Waals surface area contributed by atoms with E-state index in [0.29, 0.717) is 96.2 Å². The smallest absolute Gasteiger partial charge is 0.411 e. The Balaban J connectivity index is -0.00000147. The number of carboxylic acid groups (broad SMARTS) is 1. The lowest BCUT2D eigenvalue weighted by Gasteiger charge is -2.43. The van der Waals surface area contributed by atoms with E-state index in [4.69, 9.17) is 20.7 Å². The van der Waals surface area contributed by atoms with Crippen molar-refractivity contribution < 1.29 is 69.2 Å². The summed E-state index contributed by atoms with van der Waals surface area (Å²) < 4.78 is 26.7. The zero-order valence-corrected chi connectivity index (χ0v) is 92.8. The van der Waals surface area contributed by atoms with Gasteiger partial charge in [-0.15, -0.1) is 41.1 Å². The number of alkyl carbamates (subject to hydrolysis) is 1. The van der Waals surface area contributed by atoms with Crippen LogP contribution in [0.4, 0.5) is 9.59 Å². The number of carbonyl (C=O) groups excluding carboxylic acids is 6. The number of ether oxygens (including phenoxy) is 4. The molecule has 0 unspecified atom stereocenters. The molecule has 5 fully saturated rings. The van der Waals surface area contributed by atoms with Gasteiger partial charge in [0.2, 0.25) is 17.9 Å². The number of carbonyl (C=O) groups is 7. The van der Waals surface area contributed by atoms with Gasteiger partial charge in [-0.1, -0.05) is 185 Å². The molecule has 19 nitrogen and oxygen atoms in total. The molecule has 0 spiro atoms. The molecule has 732 valence electrons. The summed E-state index contributed by atoms with van der Waals surface area (Å²) in [6.45, 7) is 70.9. The number of nitrogens with zero attached hydrogens (tertiary/aromatic N) is 3. The molecule has 1 aromatic carbocycles. The Morgan fingerprint density at radius 2 is 0.961 bits per heavy atom. The molecule has 0 radical (unpaired) electrons. The van der Waals surface area contributed by atoms with Gasteiger partial charge in [0.15, 0.2) is 6.10 Å². The topological polar surface area (TPSA) is 251 Å². The Labute approximate surface area is 814 Å². The monoisotopic (exact) mass is 2030 g/mol. The summed E-state index contributed by atoms with van der Waals surface area (Å²) in [6, 6.07) is 1.93. The third-order valence-electron chi connectivity index (χ3n) is 23.1. The summed E-state index contributed by atoms with van der Waals surface area (Å²) in [7, 11) is 1.18. The van der Waals surface area contributed by atoms with Gasteiger partial charge in [0, 0.05) is 59.6 Å². The van der Waals surface area contributed by atoms with Gasteiger partial charge >= 0.3 is 30.1 Å². The average Bonchev–Trinajstić information content (AvgIpc) is 0.733. The minimum atomic E-state index is -1.91. The van der Waals surface area contributed by atoms with Gasteiger partial charge in [-0.3, -0.25) is 19.3 Å². The molecule has 0 saturated heterocycles. The molecule has 24 heteroatoms. The van der Waals surface area contributed by atoms with Gasteiger partial charge in [-0.2, -0.15) is 0 Å². The second kappa shape index (κ2) is 63.9. The number of rotatable bonds is 16. The fraction of sp³-hybridized carbons (Fsp3) is 0.743. The highest BCUT2D eigenvalue weighted by Crippen LogP contribution is 2.43. The number of aliphatic hydroxyl groups excluding tert-OH is 2. The van der Waals surface area contributed by atoms with Gasteiger partial charge in [0.05, 0.1) is 59.1 Å². The zero-order chi connectivity index (χ0) is 101. The highest BCUT2D eigenvalue weighted by Gasteiger charge is 2.41. The highest BCUT2D eigenvalue weighted by atomic mass is 127. The van der Waals surface area contributed by atoms with Crippen molar-refractivity contribution in [1.82, 2.24) is 25.3 Å². The number of hydrogen-bond acceptors (Lipinski definition) is 14. The Hall–Kier alpha value is -6.16. The van der Waals surface area contributed by atoms with E-state index in [1.54, 1.807) is 63.0 Å². The van der Waals surface area contributed by atoms with Crippen molar-refractivity contribution in [2.24, 2.45) is 27.1 Å². The number of alkyl halides is 1. The molecular formula is C105H174BrClIN5O14Si2. The number of fused-ring (bicyclic) bond motifs is 1. The first-order chi connectivity index (χ1) is 60.2. The maximum absolute atomic E-state index is 13.3. The Kier molecular flexibility index (Phi) is 61.9. The second-order valence-electron chi connectivity index (χ2n) is 41.4. The molecular weight excluding hydrogens is 1850 g/mol. The minimum absolute atomic E-state index is 0.0451. The lowest BCUT2D eigenvalue weighted by Crippen LogP contribution is -2.49. The van der Waals surface area contributed by atoms with Crippen LogP contribution in [0.3, 0.4) is 0 Å². The zero-order valence-electron chi connectivity index (χ0n) is 87.3.